The molecule has 0 aliphatic rings. The molecular formula is C15H17N5. The number of hydrazine groups is 1. The third kappa shape index (κ3) is 3.70. The molecule has 0 aliphatic heterocycles. The standard InChI is InChI=1S/C15H17N5/c16-9-4-10-20(14-5-2-1-3-6-14)12-13-7-8-15(19-17)18-11-13/h1-3,5-8,11H,4,10,12,17H2,(H,18,19). The highest BCUT2D eigenvalue weighted by Crippen LogP contribution is 2.17. The molecule has 0 unspecified atom stereocenters. The van der Waals surface area contributed by atoms with Gasteiger partial charge in [-0.25, -0.2) is 10.8 Å². The smallest absolute Gasteiger partial charge is 0.139 e. The summed E-state index contributed by atoms with van der Waals surface area (Å²) in [6, 6.07) is 16.1. The van der Waals surface area contributed by atoms with E-state index in [1.807, 2.05) is 42.5 Å². The van der Waals surface area contributed by atoms with Crippen LogP contribution in [-0.2, 0) is 6.54 Å². The molecule has 5 nitrogen and oxygen atoms in total. The predicted octanol–water partition coefficient (Wildman–Crippen LogP) is 2.29. The largest absolute Gasteiger partial charge is 0.366 e. The topological polar surface area (TPSA) is 78.0 Å². The fourth-order valence-corrected chi connectivity index (χ4v) is 1.95. The van der Waals surface area contributed by atoms with Gasteiger partial charge < -0.3 is 10.3 Å². The molecule has 0 saturated heterocycles. The lowest BCUT2D eigenvalue weighted by atomic mass is 10.2. The number of nitriles is 1. The van der Waals surface area contributed by atoms with Crippen molar-refractivity contribution in [3.05, 3.63) is 54.2 Å². The monoisotopic (exact) mass is 267 g/mol. The van der Waals surface area contributed by atoms with E-state index in [1.54, 1.807) is 6.20 Å². The van der Waals surface area contributed by atoms with Crippen molar-refractivity contribution in [1.82, 2.24) is 4.98 Å². The van der Waals surface area contributed by atoms with Crippen LogP contribution in [-0.4, -0.2) is 11.5 Å². The third-order valence-electron chi connectivity index (χ3n) is 2.96. The van der Waals surface area contributed by atoms with Gasteiger partial charge in [0.15, 0.2) is 0 Å². The van der Waals surface area contributed by atoms with Crippen LogP contribution in [0.1, 0.15) is 12.0 Å². The lowest BCUT2D eigenvalue weighted by Crippen LogP contribution is -2.23. The number of pyridine rings is 1. The van der Waals surface area contributed by atoms with Crippen LogP contribution in [0.5, 0.6) is 0 Å². The number of benzene rings is 1. The van der Waals surface area contributed by atoms with Crippen LogP contribution in [0.4, 0.5) is 11.5 Å². The van der Waals surface area contributed by atoms with Crippen molar-refractivity contribution < 1.29 is 0 Å². The summed E-state index contributed by atoms with van der Waals surface area (Å²) in [4.78, 5) is 6.36. The molecule has 102 valence electrons. The first-order chi connectivity index (χ1) is 9.83. The van der Waals surface area contributed by atoms with Gasteiger partial charge in [0.1, 0.15) is 5.82 Å². The molecule has 1 heterocycles. The van der Waals surface area contributed by atoms with Crippen LogP contribution < -0.4 is 16.2 Å². The third-order valence-corrected chi connectivity index (χ3v) is 2.96. The van der Waals surface area contributed by atoms with Gasteiger partial charge in [0.05, 0.1) is 12.5 Å². The van der Waals surface area contributed by atoms with Gasteiger partial charge in [0.25, 0.3) is 0 Å². The quantitative estimate of drug-likeness (QED) is 0.620. The zero-order valence-corrected chi connectivity index (χ0v) is 11.2. The Balaban J connectivity index is 2.13. The van der Waals surface area contributed by atoms with Crippen LogP contribution in [0.3, 0.4) is 0 Å². The second-order valence-electron chi connectivity index (χ2n) is 4.36. The zero-order chi connectivity index (χ0) is 14.2. The molecule has 1 aromatic heterocycles. The maximum Gasteiger partial charge on any atom is 0.139 e. The molecule has 2 rings (SSSR count). The van der Waals surface area contributed by atoms with Crippen molar-refractivity contribution in [3.63, 3.8) is 0 Å². The first-order valence-electron chi connectivity index (χ1n) is 6.42. The van der Waals surface area contributed by atoms with Gasteiger partial charge in [-0.2, -0.15) is 5.26 Å². The summed E-state index contributed by atoms with van der Waals surface area (Å²) in [5, 5.41) is 8.79. The van der Waals surface area contributed by atoms with Crippen LogP contribution in [0, 0.1) is 11.3 Å². The zero-order valence-electron chi connectivity index (χ0n) is 11.2. The van der Waals surface area contributed by atoms with Gasteiger partial charge in [-0.3, -0.25) is 0 Å². The molecule has 0 fully saturated rings. The number of nitrogen functional groups attached to an aromatic ring is 1. The SMILES string of the molecule is N#CCCN(Cc1ccc(NN)nc1)c1ccccc1. The first-order valence-corrected chi connectivity index (χ1v) is 6.42. The minimum absolute atomic E-state index is 0.491. The molecule has 0 spiro atoms. The minimum atomic E-state index is 0.491. The molecular weight excluding hydrogens is 250 g/mol. The van der Waals surface area contributed by atoms with Crippen molar-refractivity contribution in [2.75, 3.05) is 16.9 Å². The van der Waals surface area contributed by atoms with E-state index in [1.165, 1.54) is 0 Å². The number of hydrogen-bond donors (Lipinski definition) is 2. The number of nitrogens with zero attached hydrogens (tertiary/aromatic N) is 3. The summed E-state index contributed by atoms with van der Waals surface area (Å²) in [5.41, 5.74) is 4.68. The van der Waals surface area contributed by atoms with E-state index >= 15 is 0 Å². The van der Waals surface area contributed by atoms with Crippen molar-refractivity contribution >= 4 is 11.5 Å². The highest BCUT2D eigenvalue weighted by atomic mass is 15.2. The molecule has 3 N–H and O–H groups in total. The van der Waals surface area contributed by atoms with E-state index in [9.17, 15) is 0 Å². The van der Waals surface area contributed by atoms with Crippen LogP contribution in [0.25, 0.3) is 0 Å². The highest BCUT2D eigenvalue weighted by Gasteiger charge is 2.07. The number of anilines is 2. The molecule has 5 heteroatoms. The van der Waals surface area contributed by atoms with Gasteiger partial charge in [-0.1, -0.05) is 24.3 Å². The molecule has 0 bridgehead atoms. The molecule has 1 aromatic carbocycles. The highest BCUT2D eigenvalue weighted by molar-refractivity contribution is 5.47. The van der Waals surface area contributed by atoms with Crippen molar-refractivity contribution in [2.24, 2.45) is 5.84 Å². The van der Waals surface area contributed by atoms with Crippen LogP contribution >= 0.6 is 0 Å². The molecule has 0 atom stereocenters. The Labute approximate surface area is 118 Å². The summed E-state index contributed by atoms with van der Waals surface area (Å²) >= 11 is 0. The van der Waals surface area contributed by atoms with Crippen molar-refractivity contribution in [1.29, 1.82) is 5.26 Å². The second-order valence-corrected chi connectivity index (χ2v) is 4.36. The van der Waals surface area contributed by atoms with Gasteiger partial charge >= 0.3 is 0 Å². The molecule has 0 saturated carbocycles. The Morgan fingerprint density at radius 3 is 2.60 bits per heavy atom. The lowest BCUT2D eigenvalue weighted by Gasteiger charge is -2.23. The predicted molar refractivity (Wildman–Crippen MR) is 79.8 cm³/mol. The number of rotatable bonds is 6. The summed E-state index contributed by atoms with van der Waals surface area (Å²) in [6.07, 6.45) is 2.28. The summed E-state index contributed by atoms with van der Waals surface area (Å²) in [6.45, 7) is 1.40. The maximum absolute atomic E-state index is 8.79. The summed E-state index contributed by atoms with van der Waals surface area (Å²) in [5.74, 6) is 5.94. The molecule has 0 amide bonds. The molecule has 0 radical (unpaired) electrons. The van der Waals surface area contributed by atoms with E-state index < -0.39 is 0 Å². The Bertz CT molecular complexity index is 559. The number of hydrogen-bond acceptors (Lipinski definition) is 5. The number of aromatic nitrogens is 1. The van der Waals surface area contributed by atoms with Gasteiger partial charge in [-0.05, 0) is 23.8 Å². The minimum Gasteiger partial charge on any atom is -0.366 e. The number of nitrogens with two attached hydrogens (primary N) is 1. The van der Waals surface area contributed by atoms with Gasteiger partial charge in [0, 0.05) is 25.0 Å². The van der Waals surface area contributed by atoms with Crippen LogP contribution in [0.15, 0.2) is 48.7 Å². The average molecular weight is 267 g/mol. The Hall–Kier alpha value is -2.58. The Morgan fingerprint density at radius 2 is 2.00 bits per heavy atom. The Morgan fingerprint density at radius 1 is 1.20 bits per heavy atom. The van der Waals surface area contributed by atoms with E-state index in [0.717, 1.165) is 11.3 Å². The maximum atomic E-state index is 8.79. The number of para-hydroxylation sites is 1. The van der Waals surface area contributed by atoms with Crippen molar-refractivity contribution in [2.45, 2.75) is 13.0 Å². The summed E-state index contributed by atoms with van der Waals surface area (Å²) in [7, 11) is 0. The van der Waals surface area contributed by atoms with Crippen molar-refractivity contribution in [3.8, 4) is 6.07 Å². The van der Waals surface area contributed by atoms with Crippen LogP contribution in [0.2, 0.25) is 0 Å². The van der Waals surface area contributed by atoms with E-state index in [-0.39, 0.29) is 0 Å². The van der Waals surface area contributed by atoms with E-state index in [4.69, 9.17) is 11.1 Å². The normalized spacial score (nSPS) is 9.80. The fourth-order valence-electron chi connectivity index (χ4n) is 1.95. The fraction of sp³-hybridized carbons (Fsp3) is 0.200. The Kier molecular flexibility index (Phi) is 4.93. The second kappa shape index (κ2) is 7.12. The van der Waals surface area contributed by atoms with Gasteiger partial charge in [-0.15, -0.1) is 0 Å². The molecule has 0 aliphatic carbocycles. The van der Waals surface area contributed by atoms with Gasteiger partial charge in [0.2, 0.25) is 0 Å². The van der Waals surface area contributed by atoms with E-state index in [2.05, 4.69) is 21.4 Å². The molecule has 20 heavy (non-hydrogen) atoms. The average Bonchev–Trinajstić information content (AvgIpc) is 2.53. The number of nitrogens with one attached hydrogen (secondary N) is 1. The lowest BCUT2D eigenvalue weighted by molar-refractivity contribution is 0.795. The molecule has 2 aromatic rings. The summed E-state index contributed by atoms with van der Waals surface area (Å²) < 4.78 is 0. The first kappa shape index (κ1) is 13.8. The van der Waals surface area contributed by atoms with E-state index in [0.29, 0.717) is 25.3 Å².